The van der Waals surface area contributed by atoms with E-state index in [9.17, 15) is 0 Å². The highest BCUT2D eigenvalue weighted by Gasteiger charge is 2.36. The topological polar surface area (TPSA) is 13.1 Å². The molecule has 0 aliphatic heterocycles. The number of fused-ring (bicyclic) bond motifs is 3. The normalized spacial score (nSPS) is 19.3. The molecule has 1 nitrogen and oxygen atoms in total. The molecule has 21 heavy (non-hydrogen) atoms. The third-order valence-electron chi connectivity index (χ3n) is 5.05. The minimum absolute atomic E-state index is 0.0815. The van der Waals surface area contributed by atoms with E-state index in [-0.39, 0.29) is 10.8 Å². The van der Waals surface area contributed by atoms with E-state index in [1.54, 1.807) is 0 Å². The van der Waals surface area contributed by atoms with E-state index in [1.165, 1.54) is 42.0 Å². The van der Waals surface area contributed by atoms with Gasteiger partial charge in [0, 0.05) is 10.8 Å². The largest absolute Gasteiger partial charge is 0.456 e. The van der Waals surface area contributed by atoms with Gasteiger partial charge in [-0.3, -0.25) is 0 Å². The maximum atomic E-state index is 6.84. The molecule has 1 aliphatic carbocycles. The highest BCUT2D eigenvalue weighted by Crippen LogP contribution is 2.51. The molecule has 0 saturated heterocycles. The van der Waals surface area contributed by atoms with Crippen LogP contribution in [0.2, 0.25) is 0 Å². The zero-order chi connectivity index (χ0) is 14.4. The Hall–Kier alpha value is -1.47. The van der Waals surface area contributed by atoms with Crippen molar-refractivity contribution in [3.05, 3.63) is 48.0 Å². The molecular formula is C19H19ClO. The molecule has 2 aromatic carbocycles. The van der Waals surface area contributed by atoms with Crippen LogP contribution in [0.1, 0.15) is 43.5 Å². The van der Waals surface area contributed by atoms with Crippen molar-refractivity contribution in [2.75, 3.05) is 0 Å². The average Bonchev–Trinajstić information content (AvgIpc) is 3.10. The van der Waals surface area contributed by atoms with Gasteiger partial charge in [0.05, 0.1) is 5.38 Å². The van der Waals surface area contributed by atoms with E-state index < -0.39 is 0 Å². The second kappa shape index (κ2) is 4.78. The van der Waals surface area contributed by atoms with Crippen LogP contribution in [0.25, 0.3) is 21.9 Å². The van der Waals surface area contributed by atoms with E-state index in [0.29, 0.717) is 0 Å². The van der Waals surface area contributed by atoms with Gasteiger partial charge in [0.1, 0.15) is 11.2 Å². The second-order valence-corrected chi connectivity index (χ2v) is 7.01. The van der Waals surface area contributed by atoms with Crippen LogP contribution in [0.5, 0.6) is 0 Å². The molecule has 0 N–H and O–H groups in total. The van der Waals surface area contributed by atoms with Crippen molar-refractivity contribution in [2.45, 2.75) is 38.0 Å². The Morgan fingerprint density at radius 1 is 1.00 bits per heavy atom. The maximum absolute atomic E-state index is 6.84. The summed E-state index contributed by atoms with van der Waals surface area (Å²) in [6.07, 6.45) is 5.06. The van der Waals surface area contributed by atoms with Crippen LogP contribution in [0.4, 0.5) is 0 Å². The molecule has 4 rings (SSSR count). The molecule has 0 amide bonds. The first-order valence-corrected chi connectivity index (χ1v) is 8.16. The van der Waals surface area contributed by atoms with E-state index in [2.05, 4.69) is 37.3 Å². The number of halogens is 1. The minimum atomic E-state index is 0.0815. The summed E-state index contributed by atoms with van der Waals surface area (Å²) in [5, 5.41) is 2.43. The van der Waals surface area contributed by atoms with Crippen molar-refractivity contribution in [2.24, 2.45) is 5.41 Å². The van der Waals surface area contributed by atoms with E-state index in [0.717, 1.165) is 11.2 Å². The quantitative estimate of drug-likeness (QED) is 0.496. The van der Waals surface area contributed by atoms with Crippen molar-refractivity contribution >= 4 is 33.5 Å². The molecule has 1 saturated carbocycles. The number of rotatable bonds is 2. The molecule has 1 atom stereocenters. The summed E-state index contributed by atoms with van der Waals surface area (Å²) in [5.41, 5.74) is 3.35. The Morgan fingerprint density at radius 3 is 2.52 bits per heavy atom. The molecule has 2 heteroatoms. The summed E-state index contributed by atoms with van der Waals surface area (Å²) < 4.78 is 5.89. The number of hydrogen-bond donors (Lipinski definition) is 0. The lowest BCUT2D eigenvalue weighted by Gasteiger charge is -2.29. The van der Waals surface area contributed by atoms with Gasteiger partial charge >= 0.3 is 0 Å². The molecule has 1 aliphatic rings. The molecule has 1 aromatic heterocycles. The lowest BCUT2D eigenvalue weighted by Crippen LogP contribution is -2.17. The van der Waals surface area contributed by atoms with Crippen LogP contribution in [-0.2, 0) is 0 Å². The smallest absolute Gasteiger partial charge is 0.135 e. The monoisotopic (exact) mass is 298 g/mol. The van der Waals surface area contributed by atoms with Gasteiger partial charge in [0.2, 0.25) is 0 Å². The fourth-order valence-electron chi connectivity index (χ4n) is 3.74. The number of para-hydroxylation sites is 1. The van der Waals surface area contributed by atoms with Gasteiger partial charge in [-0.1, -0.05) is 44.0 Å². The van der Waals surface area contributed by atoms with Gasteiger partial charge in [0.25, 0.3) is 0 Å². The molecule has 0 bridgehead atoms. The highest BCUT2D eigenvalue weighted by molar-refractivity contribution is 6.21. The lowest BCUT2D eigenvalue weighted by molar-refractivity contribution is 0.322. The van der Waals surface area contributed by atoms with E-state index in [4.69, 9.17) is 16.0 Å². The summed E-state index contributed by atoms with van der Waals surface area (Å²) in [7, 11) is 0. The predicted molar refractivity (Wildman–Crippen MR) is 88.9 cm³/mol. The third kappa shape index (κ3) is 2.06. The van der Waals surface area contributed by atoms with Crippen LogP contribution in [0, 0.1) is 5.41 Å². The van der Waals surface area contributed by atoms with Gasteiger partial charge < -0.3 is 4.42 Å². The lowest BCUT2D eigenvalue weighted by atomic mass is 9.81. The molecule has 0 radical (unpaired) electrons. The second-order valence-electron chi connectivity index (χ2n) is 6.58. The predicted octanol–water partition coefficient (Wildman–Crippen LogP) is 6.45. The first-order chi connectivity index (χ1) is 10.2. The maximum Gasteiger partial charge on any atom is 0.135 e. The molecule has 108 valence electrons. The van der Waals surface area contributed by atoms with Crippen LogP contribution >= 0.6 is 11.6 Å². The van der Waals surface area contributed by atoms with Gasteiger partial charge in [-0.05, 0) is 42.0 Å². The minimum Gasteiger partial charge on any atom is -0.456 e. The van der Waals surface area contributed by atoms with Crippen LogP contribution in [0.15, 0.2) is 46.9 Å². The molecule has 1 heterocycles. The van der Waals surface area contributed by atoms with Gasteiger partial charge in [-0.25, -0.2) is 0 Å². The van der Waals surface area contributed by atoms with Gasteiger partial charge in [-0.15, -0.1) is 11.6 Å². The highest BCUT2D eigenvalue weighted by atomic mass is 35.5. The zero-order valence-corrected chi connectivity index (χ0v) is 13.0. The summed E-state index contributed by atoms with van der Waals surface area (Å²) >= 11 is 6.84. The molecule has 3 aromatic rings. The average molecular weight is 299 g/mol. The summed E-state index contributed by atoms with van der Waals surface area (Å²) in [6, 6.07) is 14.6. The third-order valence-corrected chi connectivity index (χ3v) is 5.83. The molecule has 1 fully saturated rings. The van der Waals surface area contributed by atoms with Crippen molar-refractivity contribution in [1.82, 2.24) is 0 Å². The van der Waals surface area contributed by atoms with Gasteiger partial charge in [-0.2, -0.15) is 0 Å². The van der Waals surface area contributed by atoms with Crippen molar-refractivity contribution < 1.29 is 4.42 Å². The van der Waals surface area contributed by atoms with Crippen molar-refractivity contribution in [1.29, 1.82) is 0 Å². The number of benzene rings is 2. The molecular weight excluding hydrogens is 280 g/mol. The SMILES string of the molecule is CC1(C(Cl)c2ccc3oc4ccccc4c3c2)CCCC1. The molecule has 1 unspecified atom stereocenters. The number of alkyl halides is 1. The Labute approximate surface area is 129 Å². The summed E-state index contributed by atoms with van der Waals surface area (Å²) in [5.74, 6) is 0. The fraction of sp³-hybridized carbons (Fsp3) is 0.368. The van der Waals surface area contributed by atoms with Crippen LogP contribution in [0.3, 0.4) is 0 Å². The zero-order valence-electron chi connectivity index (χ0n) is 12.2. The standard InChI is InChI=1S/C19H19ClO/c1-19(10-4-5-11-19)18(20)13-8-9-17-15(12-13)14-6-2-3-7-16(14)21-17/h2-3,6-9,12,18H,4-5,10-11H2,1H3. The Balaban J connectivity index is 1.84. The van der Waals surface area contributed by atoms with Crippen molar-refractivity contribution in [3.8, 4) is 0 Å². The fourth-order valence-corrected chi connectivity index (χ4v) is 4.09. The van der Waals surface area contributed by atoms with Crippen molar-refractivity contribution in [3.63, 3.8) is 0 Å². The van der Waals surface area contributed by atoms with Crippen LogP contribution < -0.4 is 0 Å². The first-order valence-electron chi connectivity index (χ1n) is 7.73. The van der Waals surface area contributed by atoms with E-state index in [1.807, 2.05) is 12.1 Å². The summed E-state index contributed by atoms with van der Waals surface area (Å²) in [6.45, 7) is 2.33. The van der Waals surface area contributed by atoms with Crippen LogP contribution in [-0.4, -0.2) is 0 Å². The Morgan fingerprint density at radius 2 is 1.71 bits per heavy atom. The molecule has 0 spiro atoms. The van der Waals surface area contributed by atoms with Gasteiger partial charge in [0.15, 0.2) is 0 Å². The van der Waals surface area contributed by atoms with E-state index >= 15 is 0 Å². The number of hydrogen-bond acceptors (Lipinski definition) is 1. The summed E-state index contributed by atoms with van der Waals surface area (Å²) in [4.78, 5) is 0. The Bertz CT molecular complexity index is 796. The number of furan rings is 1. The first kappa shape index (κ1) is 13.2. The Kier molecular flexibility index (Phi) is 3.00.